The first-order valence-electron chi connectivity index (χ1n) is 12.2. The van der Waals surface area contributed by atoms with Crippen LogP contribution in [-0.2, 0) is 14.8 Å². The molecular formula is C27H25Cl2FN2O6S. The molecule has 0 radical (unpaired) electrons. The number of benzene rings is 3. The van der Waals surface area contributed by atoms with Gasteiger partial charge < -0.3 is 19.5 Å². The average molecular weight is 595 g/mol. The first kappa shape index (κ1) is 27.4. The van der Waals surface area contributed by atoms with Crippen LogP contribution >= 0.6 is 23.2 Å². The molecule has 0 aromatic heterocycles. The minimum Gasteiger partial charge on any atom is -0.494 e. The van der Waals surface area contributed by atoms with Gasteiger partial charge in [0.05, 0.1) is 24.2 Å². The topological polar surface area (TPSA) is 96.4 Å². The Kier molecular flexibility index (Phi) is 7.54. The number of fused-ring (bicyclic) bond motifs is 1. The second-order valence-corrected chi connectivity index (χ2v) is 12.1. The van der Waals surface area contributed by atoms with Crippen LogP contribution in [0.25, 0.3) is 0 Å². The fourth-order valence-electron chi connectivity index (χ4n) is 4.86. The lowest BCUT2D eigenvalue weighted by molar-refractivity contribution is -0.137. The highest BCUT2D eigenvalue weighted by Crippen LogP contribution is 2.44. The number of anilines is 2. The Morgan fingerprint density at radius 2 is 1.82 bits per heavy atom. The van der Waals surface area contributed by atoms with E-state index in [1.165, 1.54) is 17.5 Å². The highest BCUT2D eigenvalue weighted by Gasteiger charge is 2.37. The summed E-state index contributed by atoms with van der Waals surface area (Å²) in [5, 5.41) is 10.3. The van der Waals surface area contributed by atoms with Gasteiger partial charge in [0.2, 0.25) is 0 Å². The van der Waals surface area contributed by atoms with E-state index in [-0.39, 0.29) is 35.9 Å². The van der Waals surface area contributed by atoms with Crippen LogP contribution in [0.3, 0.4) is 0 Å². The Morgan fingerprint density at radius 3 is 2.49 bits per heavy atom. The summed E-state index contributed by atoms with van der Waals surface area (Å²) in [6, 6.07) is 14.0. The number of halogens is 3. The van der Waals surface area contributed by atoms with Crippen molar-refractivity contribution in [1.82, 2.24) is 0 Å². The number of carbonyl (C=O) groups is 1. The Hall–Kier alpha value is -3.21. The fourth-order valence-corrected chi connectivity index (χ4v) is 7.08. The van der Waals surface area contributed by atoms with Crippen molar-refractivity contribution in [3.8, 4) is 11.5 Å². The van der Waals surface area contributed by atoms with E-state index in [1.807, 2.05) is 6.07 Å². The molecule has 2 heterocycles. The molecule has 1 fully saturated rings. The molecule has 0 saturated carbocycles. The third kappa shape index (κ3) is 5.33. The molecule has 39 heavy (non-hydrogen) atoms. The number of sulfonamides is 1. The summed E-state index contributed by atoms with van der Waals surface area (Å²) in [7, 11) is -2.93. The maximum absolute atomic E-state index is 14.0. The quantitative estimate of drug-likeness (QED) is 0.364. The molecule has 0 aliphatic carbocycles. The van der Waals surface area contributed by atoms with Crippen LogP contribution in [0.4, 0.5) is 15.8 Å². The van der Waals surface area contributed by atoms with Crippen molar-refractivity contribution in [3.05, 3.63) is 76.0 Å². The summed E-state index contributed by atoms with van der Waals surface area (Å²) < 4.78 is 53.9. The van der Waals surface area contributed by atoms with Crippen molar-refractivity contribution in [2.24, 2.45) is 0 Å². The molecule has 2 aliphatic rings. The summed E-state index contributed by atoms with van der Waals surface area (Å²) >= 11 is 12.8. The molecule has 3 aromatic rings. The van der Waals surface area contributed by atoms with Gasteiger partial charge in [0.1, 0.15) is 11.9 Å². The highest BCUT2D eigenvalue weighted by atomic mass is 35.5. The van der Waals surface area contributed by atoms with E-state index < -0.39 is 27.9 Å². The minimum absolute atomic E-state index is 0.108. The molecule has 3 aromatic carbocycles. The van der Waals surface area contributed by atoms with Gasteiger partial charge in [-0.25, -0.2) is 12.8 Å². The van der Waals surface area contributed by atoms with Gasteiger partial charge in [-0.05, 0) is 54.4 Å². The van der Waals surface area contributed by atoms with E-state index in [2.05, 4.69) is 4.90 Å². The van der Waals surface area contributed by atoms with Crippen LogP contribution in [0.1, 0.15) is 24.3 Å². The van der Waals surface area contributed by atoms with E-state index in [0.29, 0.717) is 34.6 Å². The zero-order valence-corrected chi connectivity index (χ0v) is 23.1. The van der Waals surface area contributed by atoms with Crippen molar-refractivity contribution in [3.63, 3.8) is 0 Å². The molecular weight excluding hydrogens is 570 g/mol. The van der Waals surface area contributed by atoms with Crippen molar-refractivity contribution in [2.75, 3.05) is 35.9 Å². The summed E-state index contributed by atoms with van der Waals surface area (Å²) in [5.41, 5.74) is 1.97. The van der Waals surface area contributed by atoms with Crippen LogP contribution in [-0.4, -0.2) is 52.3 Å². The lowest BCUT2D eigenvalue weighted by Gasteiger charge is -2.43. The van der Waals surface area contributed by atoms with Crippen LogP contribution in [0, 0.1) is 5.82 Å². The highest BCUT2D eigenvalue weighted by molar-refractivity contribution is 7.92. The molecule has 5 rings (SSSR count). The van der Waals surface area contributed by atoms with Gasteiger partial charge in [-0.15, -0.1) is 0 Å². The number of hydrogen-bond acceptors (Lipinski definition) is 6. The number of nitrogens with zero attached hydrogens (tertiary/aromatic N) is 2. The third-order valence-corrected chi connectivity index (χ3v) is 9.35. The van der Waals surface area contributed by atoms with Crippen molar-refractivity contribution >= 4 is 50.6 Å². The van der Waals surface area contributed by atoms with Gasteiger partial charge in [-0.3, -0.25) is 9.10 Å². The average Bonchev–Trinajstić information content (AvgIpc) is 2.87. The lowest BCUT2D eigenvalue weighted by atomic mass is 9.90. The maximum Gasteiger partial charge on any atom is 0.303 e. The third-order valence-electron chi connectivity index (χ3n) is 6.92. The number of aliphatic carboxylic acids is 1. The van der Waals surface area contributed by atoms with Gasteiger partial charge in [-0.1, -0.05) is 29.3 Å². The molecule has 1 saturated heterocycles. The monoisotopic (exact) mass is 594 g/mol. The van der Waals surface area contributed by atoms with Gasteiger partial charge in [0, 0.05) is 47.2 Å². The largest absolute Gasteiger partial charge is 0.494 e. The van der Waals surface area contributed by atoms with Crippen LogP contribution in [0.15, 0.2) is 59.5 Å². The number of ether oxygens (including phenoxy) is 2. The standard InChI is InChI=1S/C27H25Cl2FN2O6S/c1-37-25-12-19(7-8-22(25)30)39(35,36)32-15-18(6-10-26(33)34)38-24-9-5-17(11-23(24)32)31-13-16(14-31)27-20(28)3-2-4-21(27)29/h2-5,7-9,11-12,16,18H,6,10,13-15H2,1H3,(H,33,34). The molecule has 0 bridgehead atoms. The molecule has 1 unspecified atom stereocenters. The Balaban J connectivity index is 1.47. The molecule has 1 atom stereocenters. The van der Waals surface area contributed by atoms with E-state index in [0.717, 1.165) is 23.4 Å². The maximum atomic E-state index is 14.0. The molecule has 2 aliphatic heterocycles. The first-order chi connectivity index (χ1) is 18.6. The normalized spacial score (nSPS) is 17.3. The van der Waals surface area contributed by atoms with Gasteiger partial charge >= 0.3 is 5.97 Å². The second-order valence-electron chi connectivity index (χ2n) is 9.39. The van der Waals surface area contributed by atoms with E-state index in [9.17, 15) is 17.6 Å². The van der Waals surface area contributed by atoms with E-state index in [4.69, 9.17) is 37.8 Å². The predicted octanol–water partition coefficient (Wildman–Crippen LogP) is 5.57. The molecule has 0 amide bonds. The van der Waals surface area contributed by atoms with E-state index in [1.54, 1.807) is 30.3 Å². The van der Waals surface area contributed by atoms with Crippen molar-refractivity contribution in [1.29, 1.82) is 0 Å². The number of methoxy groups -OCH3 is 1. The summed E-state index contributed by atoms with van der Waals surface area (Å²) in [5.74, 6) is -1.48. The van der Waals surface area contributed by atoms with E-state index >= 15 is 0 Å². The Morgan fingerprint density at radius 1 is 1.10 bits per heavy atom. The smallest absolute Gasteiger partial charge is 0.303 e. The van der Waals surface area contributed by atoms with Gasteiger partial charge in [-0.2, -0.15) is 0 Å². The Bertz CT molecular complexity index is 1510. The van der Waals surface area contributed by atoms with Gasteiger partial charge in [0.15, 0.2) is 11.6 Å². The zero-order chi connectivity index (χ0) is 27.9. The number of rotatable bonds is 8. The molecule has 206 valence electrons. The predicted molar refractivity (Wildman–Crippen MR) is 147 cm³/mol. The summed E-state index contributed by atoms with van der Waals surface area (Å²) in [4.78, 5) is 13.1. The molecule has 12 heteroatoms. The SMILES string of the molecule is COc1cc(S(=O)(=O)N2CC(CCC(=O)O)Oc3ccc(N4CC(c5c(Cl)cccc5Cl)C4)cc32)ccc1F. The lowest BCUT2D eigenvalue weighted by Crippen LogP contribution is -2.46. The number of carboxylic acids is 1. The number of hydrogen-bond donors (Lipinski definition) is 1. The fraction of sp³-hybridized carbons (Fsp3) is 0.296. The Labute approximate surface area is 235 Å². The summed E-state index contributed by atoms with van der Waals surface area (Å²) in [6.45, 7) is 1.15. The van der Waals surface area contributed by atoms with Crippen molar-refractivity contribution in [2.45, 2.75) is 29.8 Å². The van der Waals surface area contributed by atoms with Crippen LogP contribution in [0.5, 0.6) is 11.5 Å². The van der Waals surface area contributed by atoms with Crippen molar-refractivity contribution < 1.29 is 32.2 Å². The molecule has 8 nitrogen and oxygen atoms in total. The van der Waals surface area contributed by atoms with Gasteiger partial charge in [0.25, 0.3) is 10.0 Å². The number of carboxylic acid groups (broad SMARTS) is 1. The molecule has 1 N–H and O–H groups in total. The minimum atomic E-state index is -4.19. The van der Waals surface area contributed by atoms with Crippen LogP contribution in [0.2, 0.25) is 10.0 Å². The zero-order valence-electron chi connectivity index (χ0n) is 20.8. The second kappa shape index (κ2) is 10.7. The first-order valence-corrected chi connectivity index (χ1v) is 14.4. The molecule has 0 spiro atoms. The van der Waals surface area contributed by atoms with Crippen LogP contribution < -0.4 is 18.7 Å². The summed E-state index contributed by atoms with van der Waals surface area (Å²) in [6.07, 6.45) is -0.759.